The fourth-order valence-electron chi connectivity index (χ4n) is 3.25. The molecule has 0 unspecified atom stereocenters. The monoisotopic (exact) mass is 397 g/mol. The molecule has 9 nitrogen and oxygen atoms in total. The van der Waals surface area contributed by atoms with E-state index in [-0.39, 0.29) is 36.5 Å². The Balaban J connectivity index is 1.94. The molecule has 0 aliphatic carbocycles. The lowest BCUT2D eigenvalue weighted by Gasteiger charge is -2.24. The minimum absolute atomic E-state index is 0.0165. The maximum absolute atomic E-state index is 14.4. The first-order valence-electron chi connectivity index (χ1n) is 8.54. The Morgan fingerprint density at radius 2 is 2.10 bits per heavy atom. The van der Waals surface area contributed by atoms with Crippen LogP contribution in [-0.4, -0.2) is 38.8 Å². The summed E-state index contributed by atoms with van der Waals surface area (Å²) in [5.41, 5.74) is 12.0. The van der Waals surface area contributed by atoms with Crippen molar-refractivity contribution in [2.45, 2.75) is 25.4 Å². The number of carbonyl (C=O) groups is 3. The number of hydrogen-bond donors (Lipinski definition) is 3. The van der Waals surface area contributed by atoms with E-state index in [0.717, 1.165) is 6.07 Å². The molecule has 0 bridgehead atoms. The normalized spacial score (nSPS) is 13.7. The van der Waals surface area contributed by atoms with Crippen LogP contribution in [-0.2, 0) is 16.1 Å². The number of benzene rings is 1. The van der Waals surface area contributed by atoms with Gasteiger partial charge in [0.2, 0.25) is 5.91 Å². The fraction of sp³-hybridized carbons (Fsp3) is 0.211. The van der Waals surface area contributed by atoms with Crippen LogP contribution in [0.1, 0.15) is 34.3 Å². The Morgan fingerprint density at radius 1 is 1.38 bits per heavy atom. The molecule has 3 rings (SSSR count). The van der Waals surface area contributed by atoms with Gasteiger partial charge in [-0.1, -0.05) is 6.07 Å². The van der Waals surface area contributed by atoms with E-state index in [0.29, 0.717) is 16.7 Å². The van der Waals surface area contributed by atoms with Gasteiger partial charge in [0.05, 0.1) is 5.56 Å². The van der Waals surface area contributed by atoms with Crippen LogP contribution in [0.4, 0.5) is 10.2 Å². The van der Waals surface area contributed by atoms with Gasteiger partial charge in [-0.2, -0.15) is 5.26 Å². The Hall–Kier alpha value is -4.00. The topological polar surface area (TPSA) is 163 Å². The summed E-state index contributed by atoms with van der Waals surface area (Å²) in [5, 5.41) is 17.8. The van der Waals surface area contributed by atoms with E-state index in [1.807, 2.05) is 0 Å². The predicted molar refractivity (Wildman–Crippen MR) is 98.5 cm³/mol. The minimum Gasteiger partial charge on any atom is -0.481 e. The fourth-order valence-corrected chi connectivity index (χ4v) is 3.25. The molecular weight excluding hydrogens is 381 g/mol. The lowest BCUT2D eigenvalue weighted by atomic mass is 10.0. The highest BCUT2D eigenvalue weighted by Gasteiger charge is 2.35. The summed E-state index contributed by atoms with van der Waals surface area (Å²) in [6.45, 7) is 0.0165. The van der Waals surface area contributed by atoms with Crippen LogP contribution in [0.5, 0.6) is 0 Å². The summed E-state index contributed by atoms with van der Waals surface area (Å²) >= 11 is 0. The zero-order valence-corrected chi connectivity index (χ0v) is 15.1. The van der Waals surface area contributed by atoms with Gasteiger partial charge in [0, 0.05) is 24.1 Å². The second-order valence-electron chi connectivity index (χ2n) is 6.52. The summed E-state index contributed by atoms with van der Waals surface area (Å²) in [6, 6.07) is 6.15. The first kappa shape index (κ1) is 19.8. The van der Waals surface area contributed by atoms with Gasteiger partial charge in [0.25, 0.3) is 5.91 Å². The van der Waals surface area contributed by atoms with Crippen LogP contribution >= 0.6 is 0 Å². The quantitative estimate of drug-likeness (QED) is 0.655. The number of pyridine rings is 1. The van der Waals surface area contributed by atoms with E-state index < -0.39 is 29.6 Å². The van der Waals surface area contributed by atoms with E-state index in [4.69, 9.17) is 21.8 Å². The third-order valence-electron chi connectivity index (χ3n) is 4.67. The van der Waals surface area contributed by atoms with Gasteiger partial charge in [0.15, 0.2) is 5.82 Å². The van der Waals surface area contributed by atoms with E-state index in [1.54, 1.807) is 12.1 Å². The van der Waals surface area contributed by atoms with E-state index >= 15 is 0 Å². The van der Waals surface area contributed by atoms with Crippen LogP contribution in [0.3, 0.4) is 0 Å². The summed E-state index contributed by atoms with van der Waals surface area (Å²) < 4.78 is 14.4. The van der Waals surface area contributed by atoms with Gasteiger partial charge < -0.3 is 21.5 Å². The number of aromatic nitrogens is 1. The van der Waals surface area contributed by atoms with Crippen LogP contribution in [0.25, 0.3) is 11.3 Å². The number of anilines is 1. The number of halogens is 1. The number of carboxylic acids is 1. The molecule has 1 aliphatic rings. The number of carboxylic acid groups (broad SMARTS) is 1. The number of nitriles is 1. The molecule has 0 spiro atoms. The van der Waals surface area contributed by atoms with Crippen molar-refractivity contribution in [1.82, 2.24) is 9.88 Å². The van der Waals surface area contributed by atoms with Gasteiger partial charge in [0.1, 0.15) is 23.6 Å². The average Bonchev–Trinajstić information content (AvgIpc) is 2.98. The number of carbonyl (C=O) groups excluding carboxylic acids is 2. The number of amides is 2. The molecule has 10 heteroatoms. The minimum atomic E-state index is -1.11. The molecule has 2 amide bonds. The standard InChI is InChI=1S/C19H16FN5O4/c20-13-6-10(7-21)17(22)24-16(13)9-1-2-12-11(5-9)8-25(19(12)29)14(18(23)28)3-4-15(26)27/h1-2,5-6,14H,3-4,8H2,(H2,22,24)(H2,23,28)(H,26,27)/t14-/m0/s1. The van der Waals surface area contributed by atoms with Crippen molar-refractivity contribution in [3.05, 3.63) is 46.8 Å². The van der Waals surface area contributed by atoms with E-state index in [1.165, 1.54) is 17.0 Å². The molecule has 148 valence electrons. The number of nitrogens with two attached hydrogens (primary N) is 2. The van der Waals surface area contributed by atoms with Crippen molar-refractivity contribution in [3.63, 3.8) is 0 Å². The molecule has 5 N–H and O–H groups in total. The molecule has 1 aliphatic heterocycles. The third kappa shape index (κ3) is 3.70. The zero-order chi connectivity index (χ0) is 21.3. The van der Waals surface area contributed by atoms with Crippen LogP contribution in [0, 0.1) is 17.1 Å². The number of aliphatic carboxylic acids is 1. The number of nitrogen functional groups attached to an aromatic ring is 1. The Labute approximate surface area is 164 Å². The molecule has 0 saturated carbocycles. The van der Waals surface area contributed by atoms with Gasteiger partial charge in [-0.15, -0.1) is 0 Å². The Bertz CT molecular complexity index is 1080. The lowest BCUT2D eigenvalue weighted by molar-refractivity contribution is -0.137. The lowest BCUT2D eigenvalue weighted by Crippen LogP contribution is -2.45. The second-order valence-corrected chi connectivity index (χ2v) is 6.52. The highest BCUT2D eigenvalue weighted by Crippen LogP contribution is 2.31. The molecule has 2 heterocycles. The first-order chi connectivity index (χ1) is 13.7. The predicted octanol–water partition coefficient (Wildman–Crippen LogP) is 1.02. The smallest absolute Gasteiger partial charge is 0.303 e. The number of hydrogen-bond acceptors (Lipinski definition) is 6. The van der Waals surface area contributed by atoms with Crippen molar-refractivity contribution in [2.24, 2.45) is 5.73 Å². The molecule has 0 radical (unpaired) electrons. The molecule has 1 aromatic heterocycles. The van der Waals surface area contributed by atoms with Crippen molar-refractivity contribution < 1.29 is 23.9 Å². The van der Waals surface area contributed by atoms with Crippen LogP contribution in [0.15, 0.2) is 24.3 Å². The summed E-state index contributed by atoms with van der Waals surface area (Å²) in [6.07, 6.45) is -0.432. The molecule has 0 fully saturated rings. The maximum atomic E-state index is 14.4. The average molecular weight is 397 g/mol. The highest BCUT2D eigenvalue weighted by atomic mass is 19.1. The summed E-state index contributed by atoms with van der Waals surface area (Å²) in [7, 11) is 0. The number of nitrogens with zero attached hydrogens (tertiary/aromatic N) is 3. The number of primary amides is 1. The Morgan fingerprint density at radius 3 is 2.72 bits per heavy atom. The summed E-state index contributed by atoms with van der Waals surface area (Å²) in [5.74, 6) is -3.24. The molecule has 1 atom stereocenters. The molecule has 0 saturated heterocycles. The third-order valence-corrected chi connectivity index (χ3v) is 4.67. The Kier molecular flexibility index (Phi) is 5.14. The van der Waals surface area contributed by atoms with Gasteiger partial charge in [-0.05, 0) is 30.2 Å². The van der Waals surface area contributed by atoms with Gasteiger partial charge in [-0.25, -0.2) is 9.37 Å². The van der Waals surface area contributed by atoms with Crippen molar-refractivity contribution in [3.8, 4) is 17.3 Å². The highest BCUT2D eigenvalue weighted by molar-refractivity contribution is 6.01. The summed E-state index contributed by atoms with van der Waals surface area (Å²) in [4.78, 5) is 40.4. The van der Waals surface area contributed by atoms with E-state index in [9.17, 15) is 18.8 Å². The number of rotatable bonds is 6. The van der Waals surface area contributed by atoms with Gasteiger partial charge >= 0.3 is 5.97 Å². The molecule has 2 aromatic rings. The first-order valence-corrected chi connectivity index (χ1v) is 8.54. The molecule has 29 heavy (non-hydrogen) atoms. The largest absolute Gasteiger partial charge is 0.481 e. The van der Waals surface area contributed by atoms with Crippen LogP contribution in [0.2, 0.25) is 0 Å². The second kappa shape index (κ2) is 7.55. The SMILES string of the molecule is N#Cc1cc(F)c(-c2ccc3c(c2)CN([C@@H](CCC(=O)O)C(N)=O)C3=O)nc1N. The van der Waals surface area contributed by atoms with Crippen molar-refractivity contribution >= 4 is 23.6 Å². The maximum Gasteiger partial charge on any atom is 0.303 e. The molecular formula is C19H16FN5O4. The molecule has 1 aromatic carbocycles. The zero-order valence-electron chi connectivity index (χ0n) is 15.1. The van der Waals surface area contributed by atoms with Crippen molar-refractivity contribution in [2.75, 3.05) is 5.73 Å². The number of fused-ring (bicyclic) bond motifs is 1. The van der Waals surface area contributed by atoms with Crippen LogP contribution < -0.4 is 11.5 Å². The van der Waals surface area contributed by atoms with Crippen molar-refractivity contribution in [1.29, 1.82) is 5.26 Å². The van der Waals surface area contributed by atoms with Gasteiger partial charge in [-0.3, -0.25) is 14.4 Å². The van der Waals surface area contributed by atoms with E-state index in [2.05, 4.69) is 4.98 Å².